The Hall–Kier alpha value is -1.89. The van der Waals surface area contributed by atoms with Crippen molar-refractivity contribution in [2.75, 3.05) is 11.9 Å². The van der Waals surface area contributed by atoms with Crippen LogP contribution in [0.15, 0.2) is 41.8 Å². The summed E-state index contributed by atoms with van der Waals surface area (Å²) in [6, 6.07) is 10.7. The molecule has 1 fully saturated rings. The zero-order valence-corrected chi connectivity index (χ0v) is 16.3. The van der Waals surface area contributed by atoms with Gasteiger partial charge in [-0.2, -0.15) is 0 Å². The van der Waals surface area contributed by atoms with Gasteiger partial charge in [-0.3, -0.25) is 9.59 Å². The molecule has 1 aromatic carbocycles. The quantitative estimate of drug-likeness (QED) is 0.830. The van der Waals surface area contributed by atoms with E-state index in [-0.39, 0.29) is 36.3 Å². The van der Waals surface area contributed by atoms with Crippen LogP contribution < -0.4 is 11.1 Å². The third-order valence-electron chi connectivity index (χ3n) is 4.53. The van der Waals surface area contributed by atoms with Gasteiger partial charge in [0.2, 0.25) is 0 Å². The third kappa shape index (κ3) is 4.63. The molecule has 0 aliphatic carbocycles. The maximum Gasteiger partial charge on any atom is 0.265 e. The number of nitrogens with two attached hydrogens (primary N) is 1. The number of nitrogens with one attached hydrogen (secondary N) is 1. The average Bonchev–Trinajstić information content (AvgIpc) is 3.16. The van der Waals surface area contributed by atoms with Crippen molar-refractivity contribution < 1.29 is 9.59 Å². The lowest BCUT2D eigenvalue weighted by molar-refractivity contribution is 0.0583. The van der Waals surface area contributed by atoms with Gasteiger partial charge in [0.05, 0.1) is 4.88 Å². The molecule has 5 nitrogen and oxygen atoms in total. The van der Waals surface area contributed by atoms with E-state index >= 15 is 0 Å². The molecule has 0 saturated carbocycles. The third-order valence-corrected chi connectivity index (χ3v) is 5.40. The number of benzene rings is 1. The monoisotopic (exact) mass is 393 g/mol. The van der Waals surface area contributed by atoms with Gasteiger partial charge < -0.3 is 16.0 Å². The fraction of sp³-hybridized carbons (Fsp3) is 0.368. The van der Waals surface area contributed by atoms with E-state index in [1.807, 2.05) is 23.3 Å². The van der Waals surface area contributed by atoms with E-state index in [4.69, 9.17) is 5.73 Å². The summed E-state index contributed by atoms with van der Waals surface area (Å²) in [6.07, 6.45) is 3.05. The molecule has 1 aliphatic heterocycles. The van der Waals surface area contributed by atoms with Crippen LogP contribution in [0, 0.1) is 0 Å². The zero-order chi connectivity index (χ0) is 17.8. The summed E-state index contributed by atoms with van der Waals surface area (Å²) in [5.74, 6) is -0.180. The van der Waals surface area contributed by atoms with Gasteiger partial charge in [-0.15, -0.1) is 23.7 Å². The zero-order valence-electron chi connectivity index (χ0n) is 14.7. The predicted molar refractivity (Wildman–Crippen MR) is 108 cm³/mol. The molecule has 3 rings (SSSR count). The standard InChI is InChI=1S/C19H23N3O2S.ClH/c1-13(20)16-8-2-3-10-22(16)19(24)14-6-4-7-15(12-14)21-18(23)17-9-5-11-25-17;/h4-7,9,11-13,16H,2-3,8,10,20H2,1H3,(H,21,23);1H. The van der Waals surface area contributed by atoms with Crippen molar-refractivity contribution in [2.45, 2.75) is 38.3 Å². The van der Waals surface area contributed by atoms with Gasteiger partial charge in [-0.25, -0.2) is 0 Å². The van der Waals surface area contributed by atoms with Gasteiger partial charge in [-0.1, -0.05) is 12.1 Å². The van der Waals surface area contributed by atoms with E-state index in [1.165, 1.54) is 11.3 Å². The molecule has 2 atom stereocenters. The fourth-order valence-corrected chi connectivity index (χ4v) is 3.87. The first-order chi connectivity index (χ1) is 12.1. The van der Waals surface area contributed by atoms with E-state index in [1.54, 1.807) is 30.3 Å². The maximum atomic E-state index is 12.9. The van der Waals surface area contributed by atoms with Crippen molar-refractivity contribution in [3.63, 3.8) is 0 Å². The normalized spacial score (nSPS) is 17.9. The van der Waals surface area contributed by atoms with E-state index < -0.39 is 0 Å². The lowest BCUT2D eigenvalue weighted by Crippen LogP contribution is -2.51. The maximum absolute atomic E-state index is 12.9. The number of hydrogen-bond donors (Lipinski definition) is 2. The van der Waals surface area contributed by atoms with Gasteiger partial charge in [0.25, 0.3) is 11.8 Å². The molecule has 0 bridgehead atoms. The van der Waals surface area contributed by atoms with E-state index in [0.717, 1.165) is 25.8 Å². The minimum absolute atomic E-state index is 0. The highest BCUT2D eigenvalue weighted by molar-refractivity contribution is 7.12. The molecule has 3 N–H and O–H groups in total. The number of piperidine rings is 1. The van der Waals surface area contributed by atoms with Crippen molar-refractivity contribution in [1.29, 1.82) is 0 Å². The Kier molecular flexibility index (Phi) is 7.20. The van der Waals surface area contributed by atoms with Gasteiger partial charge >= 0.3 is 0 Å². The number of anilines is 1. The first-order valence-corrected chi connectivity index (χ1v) is 9.45. The van der Waals surface area contributed by atoms with Crippen LogP contribution in [-0.2, 0) is 0 Å². The molecular formula is C19H24ClN3O2S. The van der Waals surface area contributed by atoms with Gasteiger partial charge in [0.15, 0.2) is 0 Å². The molecule has 2 aromatic rings. The Labute approximate surface area is 164 Å². The number of thiophene rings is 1. The SMILES string of the molecule is CC(N)C1CCCCN1C(=O)c1cccc(NC(=O)c2cccs2)c1.Cl. The second-order valence-corrected chi connectivity index (χ2v) is 7.38. The number of likely N-dealkylation sites (tertiary alicyclic amines) is 1. The van der Waals surface area contributed by atoms with Crippen LogP contribution >= 0.6 is 23.7 Å². The lowest BCUT2D eigenvalue weighted by atomic mass is 9.96. The number of amides is 2. The summed E-state index contributed by atoms with van der Waals surface area (Å²) in [4.78, 5) is 27.7. The van der Waals surface area contributed by atoms with Gasteiger partial charge in [0, 0.05) is 29.9 Å². The van der Waals surface area contributed by atoms with Crippen molar-refractivity contribution in [3.05, 3.63) is 52.2 Å². The van der Waals surface area contributed by atoms with Crippen LogP contribution in [0.3, 0.4) is 0 Å². The molecular weight excluding hydrogens is 370 g/mol. The summed E-state index contributed by atoms with van der Waals surface area (Å²) < 4.78 is 0. The number of halogens is 1. The topological polar surface area (TPSA) is 75.4 Å². The van der Waals surface area contributed by atoms with Crippen LogP contribution in [0.1, 0.15) is 46.2 Å². The molecule has 7 heteroatoms. The minimum Gasteiger partial charge on any atom is -0.334 e. The van der Waals surface area contributed by atoms with Crippen LogP contribution in [-0.4, -0.2) is 35.3 Å². The smallest absolute Gasteiger partial charge is 0.265 e. The lowest BCUT2D eigenvalue weighted by Gasteiger charge is -2.38. The van der Waals surface area contributed by atoms with Gasteiger partial charge in [-0.05, 0) is 55.8 Å². The van der Waals surface area contributed by atoms with Crippen LogP contribution in [0.25, 0.3) is 0 Å². The molecule has 140 valence electrons. The minimum atomic E-state index is -0.161. The number of carbonyl (C=O) groups excluding carboxylic acids is 2. The molecule has 26 heavy (non-hydrogen) atoms. The van der Waals surface area contributed by atoms with Gasteiger partial charge in [0.1, 0.15) is 0 Å². The summed E-state index contributed by atoms with van der Waals surface area (Å²) in [5, 5.41) is 4.71. The number of rotatable bonds is 4. The molecule has 2 heterocycles. The highest BCUT2D eigenvalue weighted by Crippen LogP contribution is 2.23. The Bertz CT molecular complexity index is 749. The van der Waals surface area contributed by atoms with Crippen LogP contribution in [0.5, 0.6) is 0 Å². The molecule has 1 aliphatic rings. The van der Waals surface area contributed by atoms with E-state index in [0.29, 0.717) is 16.1 Å². The average molecular weight is 394 g/mol. The molecule has 0 radical (unpaired) electrons. The van der Waals surface area contributed by atoms with Crippen LogP contribution in [0.2, 0.25) is 0 Å². The highest BCUT2D eigenvalue weighted by atomic mass is 35.5. The van der Waals surface area contributed by atoms with Crippen molar-refractivity contribution >= 4 is 41.2 Å². The largest absolute Gasteiger partial charge is 0.334 e. The van der Waals surface area contributed by atoms with E-state index in [2.05, 4.69) is 5.32 Å². The number of nitrogens with zero attached hydrogens (tertiary/aromatic N) is 1. The number of hydrogen-bond acceptors (Lipinski definition) is 4. The Morgan fingerprint density at radius 2 is 2.08 bits per heavy atom. The first-order valence-electron chi connectivity index (χ1n) is 8.58. The van der Waals surface area contributed by atoms with Crippen molar-refractivity contribution in [1.82, 2.24) is 4.90 Å². The molecule has 2 unspecified atom stereocenters. The summed E-state index contributed by atoms with van der Waals surface area (Å²) in [6.45, 7) is 2.69. The Balaban J connectivity index is 0.00000243. The summed E-state index contributed by atoms with van der Waals surface area (Å²) >= 11 is 1.39. The second-order valence-electron chi connectivity index (χ2n) is 6.43. The Morgan fingerprint density at radius 3 is 2.77 bits per heavy atom. The van der Waals surface area contributed by atoms with Crippen molar-refractivity contribution in [2.24, 2.45) is 5.73 Å². The second kappa shape index (κ2) is 9.16. The van der Waals surface area contributed by atoms with Crippen molar-refractivity contribution in [3.8, 4) is 0 Å². The molecule has 2 amide bonds. The first kappa shape index (κ1) is 20.4. The summed E-state index contributed by atoms with van der Waals surface area (Å²) in [5.41, 5.74) is 7.28. The fourth-order valence-electron chi connectivity index (χ4n) is 3.25. The number of carbonyl (C=O) groups is 2. The Morgan fingerprint density at radius 1 is 1.27 bits per heavy atom. The summed E-state index contributed by atoms with van der Waals surface area (Å²) in [7, 11) is 0. The molecule has 0 spiro atoms. The highest BCUT2D eigenvalue weighted by Gasteiger charge is 2.29. The van der Waals surface area contributed by atoms with Crippen LogP contribution in [0.4, 0.5) is 5.69 Å². The molecule has 1 aromatic heterocycles. The van der Waals surface area contributed by atoms with E-state index in [9.17, 15) is 9.59 Å². The predicted octanol–water partition coefficient (Wildman–Crippen LogP) is 3.76. The molecule has 1 saturated heterocycles.